The summed E-state index contributed by atoms with van der Waals surface area (Å²) < 4.78 is 5.84. The zero-order valence-electron chi connectivity index (χ0n) is 10.4. The van der Waals surface area contributed by atoms with E-state index in [0.29, 0.717) is 17.6 Å². The van der Waals surface area contributed by atoms with E-state index in [1.807, 2.05) is 6.20 Å². The van der Waals surface area contributed by atoms with Crippen molar-refractivity contribution in [1.29, 1.82) is 0 Å². The predicted octanol–water partition coefficient (Wildman–Crippen LogP) is 1.85. The Morgan fingerprint density at radius 1 is 1.59 bits per heavy atom. The number of hydrogen-bond acceptors (Lipinski definition) is 3. The molecule has 2 fully saturated rings. The van der Waals surface area contributed by atoms with Gasteiger partial charge < -0.3 is 15.0 Å². The number of aromatic nitrogens is 2. The second kappa shape index (κ2) is 4.42. The highest BCUT2D eigenvalue weighted by atomic mass is 16.5. The first kappa shape index (κ1) is 11.2. The van der Waals surface area contributed by atoms with Crippen molar-refractivity contribution < 1.29 is 4.74 Å². The van der Waals surface area contributed by atoms with Crippen molar-refractivity contribution in [3.8, 4) is 0 Å². The third-order valence-electron chi connectivity index (χ3n) is 4.51. The van der Waals surface area contributed by atoms with Crippen LogP contribution in [-0.2, 0) is 11.3 Å². The Balaban J connectivity index is 1.55. The lowest BCUT2D eigenvalue weighted by atomic mass is 9.51. The summed E-state index contributed by atoms with van der Waals surface area (Å²) in [6.45, 7) is 3.78. The summed E-state index contributed by atoms with van der Waals surface area (Å²) in [7, 11) is 0. The lowest BCUT2D eigenvalue weighted by Gasteiger charge is -2.61. The van der Waals surface area contributed by atoms with Crippen LogP contribution in [0.1, 0.15) is 38.4 Å². The number of H-pyrrole nitrogens is 1. The molecule has 1 heterocycles. The average Bonchev–Trinajstić information content (AvgIpc) is 2.72. The molecule has 4 nitrogen and oxygen atoms in total. The van der Waals surface area contributed by atoms with Crippen LogP contribution >= 0.6 is 0 Å². The average molecular weight is 235 g/mol. The molecule has 2 aliphatic rings. The fourth-order valence-corrected chi connectivity index (χ4v) is 3.34. The number of rotatable bonds is 5. The quantitative estimate of drug-likeness (QED) is 0.819. The molecule has 0 amide bonds. The molecule has 4 heteroatoms. The van der Waals surface area contributed by atoms with E-state index in [2.05, 4.69) is 22.2 Å². The van der Waals surface area contributed by atoms with Gasteiger partial charge in [-0.25, -0.2) is 4.98 Å². The number of nitrogens with zero attached hydrogens (tertiary/aromatic N) is 1. The second-order valence-corrected chi connectivity index (χ2v) is 5.24. The molecule has 17 heavy (non-hydrogen) atoms. The minimum atomic E-state index is 0.447. The summed E-state index contributed by atoms with van der Waals surface area (Å²) in [5, 5.41) is 3.63. The van der Waals surface area contributed by atoms with Crippen molar-refractivity contribution in [3.63, 3.8) is 0 Å². The molecule has 2 aliphatic carbocycles. The molecule has 3 rings (SSSR count). The predicted molar refractivity (Wildman–Crippen MR) is 65.5 cm³/mol. The molecule has 2 saturated carbocycles. The molecule has 0 saturated heterocycles. The molecule has 1 spiro atoms. The van der Waals surface area contributed by atoms with Crippen LogP contribution in [0.3, 0.4) is 0 Å². The van der Waals surface area contributed by atoms with Crippen LogP contribution in [0.25, 0.3) is 0 Å². The summed E-state index contributed by atoms with van der Waals surface area (Å²) >= 11 is 0. The largest absolute Gasteiger partial charge is 0.378 e. The van der Waals surface area contributed by atoms with E-state index in [1.165, 1.54) is 19.3 Å². The van der Waals surface area contributed by atoms with Crippen molar-refractivity contribution in [3.05, 3.63) is 18.2 Å². The Morgan fingerprint density at radius 2 is 2.47 bits per heavy atom. The number of ether oxygens (including phenoxy) is 1. The van der Waals surface area contributed by atoms with Gasteiger partial charge in [0.1, 0.15) is 5.82 Å². The van der Waals surface area contributed by atoms with E-state index in [0.717, 1.165) is 25.4 Å². The summed E-state index contributed by atoms with van der Waals surface area (Å²) in [6, 6.07) is 0.623. The zero-order valence-corrected chi connectivity index (χ0v) is 10.4. The SMILES string of the molecule is CCOC1CC(NCc2ncc[nH]2)C12CCC2. The minimum absolute atomic E-state index is 0.447. The molecule has 94 valence electrons. The van der Waals surface area contributed by atoms with Gasteiger partial charge in [-0.1, -0.05) is 6.42 Å². The lowest BCUT2D eigenvalue weighted by Crippen LogP contribution is -2.66. The Bertz CT molecular complexity index is 359. The molecule has 0 aromatic carbocycles. The first-order valence-corrected chi connectivity index (χ1v) is 6.68. The van der Waals surface area contributed by atoms with Crippen LogP contribution in [0.2, 0.25) is 0 Å². The fraction of sp³-hybridized carbons (Fsp3) is 0.769. The molecular weight excluding hydrogens is 214 g/mol. The molecule has 0 aliphatic heterocycles. The standard InChI is InChI=1S/C13H21N3O/c1-2-17-11-8-10(13(11)4-3-5-13)16-9-12-14-6-7-15-12/h6-7,10-11,16H,2-5,8-9H2,1H3,(H,14,15). The monoisotopic (exact) mass is 235 g/mol. The third-order valence-corrected chi connectivity index (χ3v) is 4.51. The first-order valence-electron chi connectivity index (χ1n) is 6.68. The first-order chi connectivity index (χ1) is 8.35. The van der Waals surface area contributed by atoms with E-state index >= 15 is 0 Å². The van der Waals surface area contributed by atoms with Gasteiger partial charge in [0.25, 0.3) is 0 Å². The highest BCUT2D eigenvalue weighted by Crippen LogP contribution is 2.57. The summed E-state index contributed by atoms with van der Waals surface area (Å²) in [4.78, 5) is 7.38. The van der Waals surface area contributed by atoms with Gasteiger partial charge in [0.15, 0.2) is 0 Å². The van der Waals surface area contributed by atoms with E-state index in [9.17, 15) is 0 Å². The topological polar surface area (TPSA) is 49.9 Å². The van der Waals surface area contributed by atoms with Crippen LogP contribution in [0.5, 0.6) is 0 Å². The summed E-state index contributed by atoms with van der Waals surface area (Å²) in [5.74, 6) is 1.03. The minimum Gasteiger partial charge on any atom is -0.378 e. The third kappa shape index (κ3) is 1.79. The van der Waals surface area contributed by atoms with Crippen molar-refractivity contribution in [2.75, 3.05) is 6.61 Å². The maximum Gasteiger partial charge on any atom is 0.120 e. The molecule has 0 bridgehead atoms. The van der Waals surface area contributed by atoms with Crippen LogP contribution in [-0.4, -0.2) is 28.7 Å². The zero-order chi connectivity index (χ0) is 11.7. The Labute approximate surface area is 102 Å². The van der Waals surface area contributed by atoms with E-state index < -0.39 is 0 Å². The van der Waals surface area contributed by atoms with Crippen LogP contribution in [0, 0.1) is 5.41 Å². The number of imidazole rings is 1. The van der Waals surface area contributed by atoms with E-state index in [4.69, 9.17) is 4.74 Å². The molecule has 2 unspecified atom stereocenters. The molecule has 0 radical (unpaired) electrons. The molecule has 2 atom stereocenters. The van der Waals surface area contributed by atoms with Gasteiger partial charge in [-0.05, 0) is 26.2 Å². The van der Waals surface area contributed by atoms with Crippen molar-refractivity contribution in [2.45, 2.75) is 51.3 Å². The van der Waals surface area contributed by atoms with Gasteiger partial charge in [-0.2, -0.15) is 0 Å². The molecular formula is C13H21N3O. The van der Waals surface area contributed by atoms with Crippen molar-refractivity contribution in [2.24, 2.45) is 5.41 Å². The number of aromatic amines is 1. The Kier molecular flexibility index (Phi) is 2.92. The van der Waals surface area contributed by atoms with Crippen molar-refractivity contribution >= 4 is 0 Å². The Morgan fingerprint density at radius 3 is 3.06 bits per heavy atom. The number of hydrogen-bond donors (Lipinski definition) is 2. The van der Waals surface area contributed by atoms with Crippen LogP contribution in [0.4, 0.5) is 0 Å². The van der Waals surface area contributed by atoms with Crippen LogP contribution in [0.15, 0.2) is 12.4 Å². The maximum atomic E-state index is 5.84. The van der Waals surface area contributed by atoms with Crippen molar-refractivity contribution in [1.82, 2.24) is 15.3 Å². The highest BCUT2D eigenvalue weighted by Gasteiger charge is 2.58. The highest BCUT2D eigenvalue weighted by molar-refractivity contribution is 5.12. The normalized spacial score (nSPS) is 29.9. The van der Waals surface area contributed by atoms with Gasteiger partial charge in [-0.3, -0.25) is 0 Å². The smallest absolute Gasteiger partial charge is 0.120 e. The van der Waals surface area contributed by atoms with Gasteiger partial charge in [0.05, 0.1) is 12.6 Å². The second-order valence-electron chi connectivity index (χ2n) is 5.24. The summed E-state index contributed by atoms with van der Waals surface area (Å²) in [6.07, 6.45) is 9.35. The molecule has 1 aromatic rings. The van der Waals surface area contributed by atoms with E-state index in [1.54, 1.807) is 6.20 Å². The summed E-state index contributed by atoms with van der Waals surface area (Å²) in [5.41, 5.74) is 0.447. The Hall–Kier alpha value is -0.870. The molecule has 1 aromatic heterocycles. The number of nitrogens with one attached hydrogen (secondary N) is 2. The van der Waals surface area contributed by atoms with Gasteiger partial charge in [-0.15, -0.1) is 0 Å². The fourth-order valence-electron chi connectivity index (χ4n) is 3.34. The lowest BCUT2D eigenvalue weighted by molar-refractivity contribution is -0.173. The molecule has 2 N–H and O–H groups in total. The van der Waals surface area contributed by atoms with E-state index in [-0.39, 0.29) is 0 Å². The van der Waals surface area contributed by atoms with Gasteiger partial charge >= 0.3 is 0 Å². The maximum absolute atomic E-state index is 5.84. The van der Waals surface area contributed by atoms with Crippen LogP contribution < -0.4 is 5.32 Å². The van der Waals surface area contributed by atoms with Gasteiger partial charge in [0.2, 0.25) is 0 Å². The van der Waals surface area contributed by atoms with Gasteiger partial charge in [0, 0.05) is 30.5 Å².